The third-order valence-electron chi connectivity index (χ3n) is 4.39. The molecule has 1 atom stereocenters. The first-order valence-electron chi connectivity index (χ1n) is 7.82. The average Bonchev–Trinajstić information content (AvgIpc) is 3.25. The molecule has 4 rings (SSSR count). The molecular weight excluding hydrogens is 328 g/mol. The summed E-state index contributed by atoms with van der Waals surface area (Å²) in [5, 5.41) is 10.5. The van der Waals surface area contributed by atoms with Gasteiger partial charge in [0, 0.05) is 5.02 Å². The molecule has 1 saturated heterocycles. The first kappa shape index (κ1) is 15.2. The summed E-state index contributed by atoms with van der Waals surface area (Å²) in [6.45, 7) is 1.06. The topological polar surface area (TPSA) is 89.7 Å². The number of aromatic amines is 2. The zero-order valence-electron chi connectivity index (χ0n) is 13.1. The Morgan fingerprint density at radius 3 is 3.08 bits per heavy atom. The summed E-state index contributed by atoms with van der Waals surface area (Å²) in [7, 11) is 2.08. The van der Waals surface area contributed by atoms with Crippen molar-refractivity contribution in [3.8, 4) is 0 Å². The molecule has 1 unspecified atom stereocenters. The van der Waals surface area contributed by atoms with Gasteiger partial charge in [0.1, 0.15) is 0 Å². The lowest BCUT2D eigenvalue weighted by Gasteiger charge is -2.16. The van der Waals surface area contributed by atoms with Crippen molar-refractivity contribution in [2.24, 2.45) is 0 Å². The number of carbonyl (C=O) groups is 1. The lowest BCUT2D eigenvalue weighted by molar-refractivity contribution is 0.102. The molecule has 0 bridgehead atoms. The van der Waals surface area contributed by atoms with E-state index in [1.807, 2.05) is 0 Å². The van der Waals surface area contributed by atoms with E-state index in [9.17, 15) is 4.79 Å². The van der Waals surface area contributed by atoms with Crippen LogP contribution >= 0.6 is 11.6 Å². The van der Waals surface area contributed by atoms with Gasteiger partial charge in [0.2, 0.25) is 5.95 Å². The van der Waals surface area contributed by atoms with Gasteiger partial charge in [0.15, 0.2) is 5.69 Å². The second-order valence-corrected chi connectivity index (χ2v) is 6.48. The number of nitrogens with one attached hydrogen (secondary N) is 3. The monoisotopic (exact) mass is 344 g/mol. The fraction of sp³-hybridized carbons (Fsp3) is 0.312. The number of amides is 1. The summed E-state index contributed by atoms with van der Waals surface area (Å²) in [4.78, 5) is 22.0. The van der Waals surface area contributed by atoms with Crippen LogP contribution in [0, 0.1) is 0 Å². The quantitative estimate of drug-likeness (QED) is 0.681. The number of H-pyrrole nitrogens is 2. The number of carbonyl (C=O) groups excluding carboxylic acids is 1. The third kappa shape index (κ3) is 2.76. The highest BCUT2D eigenvalue weighted by Crippen LogP contribution is 2.29. The smallest absolute Gasteiger partial charge is 0.278 e. The van der Waals surface area contributed by atoms with Gasteiger partial charge in [0.25, 0.3) is 5.91 Å². The van der Waals surface area contributed by atoms with Gasteiger partial charge < -0.3 is 4.98 Å². The van der Waals surface area contributed by atoms with Crippen molar-refractivity contribution >= 4 is 34.5 Å². The van der Waals surface area contributed by atoms with Crippen molar-refractivity contribution in [1.82, 2.24) is 25.1 Å². The predicted octanol–water partition coefficient (Wildman–Crippen LogP) is 2.96. The molecule has 1 aliphatic rings. The molecule has 1 amide bonds. The molecule has 8 heteroatoms. The summed E-state index contributed by atoms with van der Waals surface area (Å²) in [6.07, 6.45) is 2.23. The van der Waals surface area contributed by atoms with Crippen LogP contribution in [-0.2, 0) is 0 Å². The molecule has 3 heterocycles. The Balaban J connectivity index is 1.52. The zero-order chi connectivity index (χ0) is 16.7. The Morgan fingerprint density at radius 1 is 1.42 bits per heavy atom. The maximum absolute atomic E-state index is 12.4. The van der Waals surface area contributed by atoms with E-state index >= 15 is 0 Å². The van der Waals surface area contributed by atoms with Gasteiger partial charge in [-0.2, -0.15) is 5.10 Å². The fourth-order valence-corrected chi connectivity index (χ4v) is 3.31. The highest BCUT2D eigenvalue weighted by atomic mass is 35.5. The van der Waals surface area contributed by atoms with Gasteiger partial charge in [-0.1, -0.05) is 11.6 Å². The minimum Gasteiger partial charge on any atom is -0.324 e. The number of aromatic nitrogens is 4. The Bertz CT molecular complexity index is 901. The molecule has 3 aromatic rings. The molecule has 3 N–H and O–H groups in total. The van der Waals surface area contributed by atoms with Crippen LogP contribution in [0.2, 0.25) is 5.02 Å². The van der Waals surface area contributed by atoms with Crippen LogP contribution in [0.15, 0.2) is 24.3 Å². The second kappa shape index (κ2) is 5.92. The van der Waals surface area contributed by atoms with Gasteiger partial charge in [0.05, 0.1) is 22.8 Å². The normalized spacial score (nSPS) is 18.3. The highest BCUT2D eigenvalue weighted by Gasteiger charge is 2.25. The Morgan fingerprint density at radius 2 is 2.29 bits per heavy atom. The van der Waals surface area contributed by atoms with Gasteiger partial charge in [-0.3, -0.25) is 20.1 Å². The molecular formula is C16H17ClN6O. The number of nitrogens with zero attached hydrogens (tertiary/aromatic N) is 3. The van der Waals surface area contributed by atoms with Crippen LogP contribution in [0.25, 0.3) is 11.0 Å². The number of likely N-dealkylation sites (tertiary alicyclic amines) is 1. The van der Waals surface area contributed by atoms with E-state index in [-0.39, 0.29) is 5.91 Å². The summed E-state index contributed by atoms with van der Waals surface area (Å²) in [5.41, 5.74) is 2.83. The van der Waals surface area contributed by atoms with E-state index in [1.165, 1.54) is 0 Å². The van der Waals surface area contributed by atoms with E-state index in [1.54, 1.807) is 24.3 Å². The lowest BCUT2D eigenvalue weighted by atomic mass is 10.1. The second-order valence-electron chi connectivity index (χ2n) is 6.05. The minimum absolute atomic E-state index is 0.299. The molecule has 0 aliphatic carbocycles. The van der Waals surface area contributed by atoms with Crippen LogP contribution in [0.1, 0.15) is 35.1 Å². The van der Waals surface area contributed by atoms with Gasteiger partial charge in [-0.05, 0) is 50.7 Å². The molecule has 1 aromatic carbocycles. The average molecular weight is 345 g/mol. The zero-order valence-corrected chi connectivity index (χ0v) is 13.9. The van der Waals surface area contributed by atoms with Crippen LogP contribution in [-0.4, -0.2) is 44.6 Å². The van der Waals surface area contributed by atoms with Crippen LogP contribution in [0.4, 0.5) is 5.95 Å². The third-order valence-corrected chi connectivity index (χ3v) is 4.62. The van der Waals surface area contributed by atoms with Crippen molar-refractivity contribution < 1.29 is 4.79 Å². The van der Waals surface area contributed by atoms with E-state index in [0.717, 1.165) is 36.1 Å². The Hall–Kier alpha value is -2.38. The molecule has 1 aliphatic heterocycles. The maximum atomic E-state index is 12.4. The van der Waals surface area contributed by atoms with Crippen LogP contribution < -0.4 is 5.32 Å². The number of benzene rings is 1. The summed E-state index contributed by atoms with van der Waals surface area (Å²) in [5.74, 6) is 0.0723. The maximum Gasteiger partial charge on any atom is 0.278 e. The van der Waals surface area contributed by atoms with Crippen molar-refractivity contribution in [3.63, 3.8) is 0 Å². The molecule has 7 nitrogen and oxygen atoms in total. The van der Waals surface area contributed by atoms with Crippen molar-refractivity contribution in [2.45, 2.75) is 18.9 Å². The molecule has 0 spiro atoms. The number of imidazole rings is 1. The van der Waals surface area contributed by atoms with E-state index < -0.39 is 0 Å². The van der Waals surface area contributed by atoms with E-state index in [2.05, 4.69) is 37.4 Å². The number of rotatable bonds is 3. The first-order chi connectivity index (χ1) is 11.6. The van der Waals surface area contributed by atoms with Crippen molar-refractivity contribution in [3.05, 3.63) is 40.7 Å². The van der Waals surface area contributed by atoms with Crippen LogP contribution in [0.5, 0.6) is 0 Å². The Kier molecular flexibility index (Phi) is 3.74. The van der Waals surface area contributed by atoms with Crippen LogP contribution in [0.3, 0.4) is 0 Å². The van der Waals surface area contributed by atoms with Gasteiger partial charge >= 0.3 is 0 Å². The van der Waals surface area contributed by atoms with Crippen molar-refractivity contribution in [2.75, 3.05) is 18.9 Å². The molecule has 0 radical (unpaired) electrons. The number of hydrogen-bond donors (Lipinski definition) is 3. The van der Waals surface area contributed by atoms with Gasteiger partial charge in [-0.15, -0.1) is 0 Å². The lowest BCUT2D eigenvalue weighted by Crippen LogP contribution is -2.17. The van der Waals surface area contributed by atoms with E-state index in [4.69, 9.17) is 11.6 Å². The number of anilines is 1. The molecule has 2 aromatic heterocycles. The van der Waals surface area contributed by atoms with Crippen molar-refractivity contribution in [1.29, 1.82) is 0 Å². The number of hydrogen-bond acceptors (Lipinski definition) is 4. The standard InChI is InChI=1S/C16H17ClN6O/c1-23-6-2-3-14(23)12-8-13(22-21-12)15(24)20-16-18-10-5-4-9(17)7-11(10)19-16/h4-5,7-8,14H,2-3,6H2,1H3,(H,21,22)(H2,18,19,20,24). The molecule has 0 saturated carbocycles. The number of halogens is 1. The fourth-order valence-electron chi connectivity index (χ4n) is 3.14. The predicted molar refractivity (Wildman–Crippen MR) is 92.2 cm³/mol. The molecule has 24 heavy (non-hydrogen) atoms. The summed E-state index contributed by atoms with van der Waals surface area (Å²) in [6, 6.07) is 7.43. The number of fused-ring (bicyclic) bond motifs is 1. The first-order valence-corrected chi connectivity index (χ1v) is 8.20. The Labute approximate surface area is 143 Å². The summed E-state index contributed by atoms with van der Waals surface area (Å²) >= 11 is 5.95. The molecule has 124 valence electrons. The molecule has 1 fully saturated rings. The highest BCUT2D eigenvalue weighted by molar-refractivity contribution is 6.31. The van der Waals surface area contributed by atoms with E-state index in [0.29, 0.717) is 22.7 Å². The summed E-state index contributed by atoms with van der Waals surface area (Å²) < 4.78 is 0. The van der Waals surface area contributed by atoms with Gasteiger partial charge in [-0.25, -0.2) is 4.98 Å². The minimum atomic E-state index is -0.302. The largest absolute Gasteiger partial charge is 0.324 e. The SMILES string of the molecule is CN1CCCC1c1cc(C(=O)Nc2nc3ccc(Cl)cc3[nH]2)n[nH]1.